The fourth-order valence-corrected chi connectivity index (χ4v) is 14.1. The van der Waals surface area contributed by atoms with Crippen LogP contribution in [0.2, 0.25) is 0 Å². The lowest BCUT2D eigenvalue weighted by Gasteiger charge is -2.36. The van der Waals surface area contributed by atoms with Crippen LogP contribution in [0.5, 0.6) is 0 Å². The number of likely N-dealkylation sites (N-methyl/N-ethyl adjacent to an activating group) is 2. The molecule has 1 unspecified atom stereocenters. The summed E-state index contributed by atoms with van der Waals surface area (Å²) in [6.07, 6.45) is 4.47. The van der Waals surface area contributed by atoms with Crippen LogP contribution in [-0.2, 0) is 61.7 Å². The zero-order chi connectivity index (χ0) is 57.1. The molecular weight excluding hydrogens is 1030 g/mol. The molecule has 78 heavy (non-hydrogen) atoms. The summed E-state index contributed by atoms with van der Waals surface area (Å²) in [5.41, 5.74) is 2.56. The first-order chi connectivity index (χ1) is 36.6. The fourth-order valence-electron chi connectivity index (χ4n) is 11.4. The lowest BCUT2D eigenvalue weighted by atomic mass is 9.77. The number of amides is 5. The second-order valence-corrected chi connectivity index (χ2v) is 27.3. The fraction of sp³-hybridized carbons (Fsp3) is 0.579. The molecule has 4 aliphatic rings. The smallest absolute Gasteiger partial charge is 0.246 e. The van der Waals surface area contributed by atoms with Crippen molar-refractivity contribution < 1.29 is 45.6 Å². The molecule has 1 saturated carbocycles. The summed E-state index contributed by atoms with van der Waals surface area (Å²) in [6, 6.07) is 13.3. The molecule has 3 aliphatic carbocycles. The number of rotatable bonds is 19. The molecule has 1 aliphatic heterocycles. The Morgan fingerprint density at radius 2 is 1.04 bits per heavy atom. The largest absolute Gasteiger partial charge is 0.349 e. The van der Waals surface area contributed by atoms with Crippen LogP contribution < -0.4 is 41.3 Å². The van der Waals surface area contributed by atoms with Crippen LogP contribution in [-0.4, -0.2) is 120 Å². The third-order valence-electron chi connectivity index (χ3n) is 16.1. The molecule has 1 saturated heterocycles. The van der Waals surface area contributed by atoms with Crippen LogP contribution in [0.1, 0.15) is 135 Å². The van der Waals surface area contributed by atoms with Crippen molar-refractivity contribution in [3.63, 3.8) is 0 Å². The minimum absolute atomic E-state index is 0.0553. The van der Waals surface area contributed by atoms with Gasteiger partial charge in [0.05, 0.1) is 40.0 Å². The maximum Gasteiger partial charge on any atom is 0.246 e. The zero-order valence-electron chi connectivity index (χ0n) is 46.7. The Hall–Kier alpha value is -5.58. The summed E-state index contributed by atoms with van der Waals surface area (Å²) in [6.45, 7) is 13.9. The van der Waals surface area contributed by atoms with E-state index >= 15 is 0 Å². The quantitative estimate of drug-likeness (QED) is 0.0851. The highest BCUT2D eigenvalue weighted by Gasteiger charge is 2.50. The number of Topliss-reactive ketones (excluding diaryl/α,β-unsaturated/α-hetero) is 1. The minimum Gasteiger partial charge on any atom is -0.349 e. The van der Waals surface area contributed by atoms with E-state index in [1.165, 1.54) is 23.1 Å². The van der Waals surface area contributed by atoms with E-state index in [4.69, 9.17) is 0 Å². The summed E-state index contributed by atoms with van der Waals surface area (Å²) < 4.78 is 63.0. The first-order valence-electron chi connectivity index (χ1n) is 27.3. The topological polar surface area (TPSA) is 270 Å². The number of nitrogens with zero attached hydrogens (tertiary/aromatic N) is 1. The molecular formula is C57H81N9O10S2. The van der Waals surface area contributed by atoms with Gasteiger partial charge in [-0.15, -0.1) is 0 Å². The molecule has 11 atom stereocenters. The number of nitrogens with one attached hydrogen (secondary N) is 8. The van der Waals surface area contributed by atoms with Crippen molar-refractivity contribution in [2.45, 2.75) is 177 Å². The van der Waals surface area contributed by atoms with Crippen molar-refractivity contribution >= 4 is 55.4 Å². The Morgan fingerprint density at radius 3 is 1.54 bits per heavy atom. The van der Waals surface area contributed by atoms with Gasteiger partial charge in [0.25, 0.3) is 0 Å². The van der Waals surface area contributed by atoms with Gasteiger partial charge in [0.2, 0.25) is 49.6 Å². The maximum absolute atomic E-state index is 14.8. The summed E-state index contributed by atoms with van der Waals surface area (Å²) in [5, 5.41) is 17.8. The zero-order valence-corrected chi connectivity index (χ0v) is 48.3. The molecule has 3 aromatic carbocycles. The van der Waals surface area contributed by atoms with Crippen molar-refractivity contribution in [1.29, 1.82) is 0 Å². The second kappa shape index (κ2) is 24.4. The number of carbonyl (C=O) groups excluding carboxylic acids is 6. The number of fused-ring (bicyclic) bond motifs is 2. The van der Waals surface area contributed by atoms with Gasteiger partial charge in [-0.1, -0.05) is 96.1 Å². The van der Waals surface area contributed by atoms with Gasteiger partial charge in [0, 0.05) is 30.5 Å². The Labute approximate surface area is 460 Å². The molecule has 426 valence electrons. The van der Waals surface area contributed by atoms with E-state index in [0.29, 0.717) is 12.8 Å². The molecule has 0 spiro atoms. The second-order valence-electron chi connectivity index (χ2n) is 23.9. The third kappa shape index (κ3) is 13.9. The number of hydrogen-bond acceptors (Lipinski definition) is 12. The van der Waals surface area contributed by atoms with Crippen molar-refractivity contribution in [1.82, 2.24) is 46.2 Å². The van der Waals surface area contributed by atoms with Crippen LogP contribution in [0.4, 0.5) is 0 Å². The SMILES string of the molecule is CN[C@@H](C)C(=O)N[C@H](C(=O)C1C[C@@H](NS(=O)(=O)c2cccc(S(=O)(=O)N[C@H]3C[C@@H](C(=O)N[C@@H]4CCCc5ccccc54)N(C(=O)[C@@H](NC(=O)[C@H](C)NC)C(C)(C)C)C3)c2)C[C@H]1C(=O)N[C@@H]1CCCc2ccccc21)C(C)(C)C. The first kappa shape index (κ1) is 60.1. The number of likely N-dealkylation sites (tertiary alicyclic amines) is 1. The molecule has 2 fully saturated rings. The van der Waals surface area contributed by atoms with Crippen LogP contribution in [0, 0.1) is 22.7 Å². The predicted molar refractivity (Wildman–Crippen MR) is 296 cm³/mol. The lowest BCUT2D eigenvalue weighted by Crippen LogP contribution is -2.59. The van der Waals surface area contributed by atoms with E-state index in [1.54, 1.807) is 48.7 Å². The van der Waals surface area contributed by atoms with Crippen molar-refractivity contribution in [2.75, 3.05) is 20.6 Å². The first-order valence-corrected chi connectivity index (χ1v) is 30.3. The van der Waals surface area contributed by atoms with Gasteiger partial charge in [-0.3, -0.25) is 28.8 Å². The van der Waals surface area contributed by atoms with Crippen LogP contribution >= 0.6 is 0 Å². The van der Waals surface area contributed by atoms with E-state index in [1.807, 2.05) is 69.3 Å². The van der Waals surface area contributed by atoms with Crippen molar-refractivity contribution in [2.24, 2.45) is 22.7 Å². The Morgan fingerprint density at radius 1 is 0.577 bits per heavy atom. The standard InChI is InChI=1S/C57H81N9O10S2/c1-33(58-9)51(68)62-49(56(3,4)5)48(67)43-28-37(29-44(43)53(70)60-45-26-15-20-35-18-11-13-24-41(35)45)64-77(73,74)39-22-17-23-40(31-39)78(75,76)65-38-30-47(54(71)61-46-27-16-21-36-19-12-14-25-42(36)46)66(32-38)55(72)50(57(6,7)8)63-52(69)34(2)59-10/h11-14,17-19,22-25,31,33-34,37-38,43-47,49-50,58-59,64-65H,15-16,20-21,26-30,32H2,1-10H3,(H,60,70)(H,61,71)(H,62,68)(H,63,69)/t33-,34-,37+,38-,43?,44+,45+,46+,47-,49+,50+/m0/s1. The number of hydrogen-bond donors (Lipinski definition) is 8. The van der Waals surface area contributed by atoms with Crippen molar-refractivity contribution in [3.05, 3.63) is 95.1 Å². The molecule has 1 heterocycles. The number of ketones is 1. The summed E-state index contributed by atoms with van der Waals surface area (Å²) in [5.74, 6) is -4.70. The van der Waals surface area contributed by atoms with Gasteiger partial charge < -0.3 is 36.8 Å². The maximum atomic E-state index is 14.8. The highest BCUT2D eigenvalue weighted by molar-refractivity contribution is 7.90. The van der Waals surface area contributed by atoms with E-state index in [2.05, 4.69) is 41.3 Å². The van der Waals surface area contributed by atoms with Gasteiger partial charge in [-0.05, 0) is 137 Å². The molecule has 5 amide bonds. The molecule has 8 N–H and O–H groups in total. The Balaban J connectivity index is 1.13. The van der Waals surface area contributed by atoms with E-state index in [-0.39, 0.29) is 37.9 Å². The van der Waals surface area contributed by atoms with Crippen LogP contribution in [0.3, 0.4) is 0 Å². The average Bonchev–Trinajstić information content (AvgIpc) is 4.18. The molecule has 3 aromatic rings. The number of aryl methyl sites for hydroxylation is 2. The monoisotopic (exact) mass is 1120 g/mol. The van der Waals surface area contributed by atoms with Crippen LogP contribution in [0.25, 0.3) is 0 Å². The predicted octanol–water partition coefficient (Wildman–Crippen LogP) is 3.84. The Kier molecular flexibility index (Phi) is 18.8. The number of sulfonamides is 2. The van der Waals surface area contributed by atoms with E-state index in [9.17, 15) is 45.6 Å². The molecule has 0 bridgehead atoms. The highest BCUT2D eigenvalue weighted by Crippen LogP contribution is 2.39. The average molecular weight is 1120 g/mol. The lowest BCUT2D eigenvalue weighted by molar-refractivity contribution is -0.144. The molecule has 0 aromatic heterocycles. The van der Waals surface area contributed by atoms with Gasteiger partial charge >= 0.3 is 0 Å². The summed E-state index contributed by atoms with van der Waals surface area (Å²) in [7, 11) is -5.83. The van der Waals surface area contributed by atoms with Gasteiger partial charge in [-0.2, -0.15) is 0 Å². The van der Waals surface area contributed by atoms with Gasteiger partial charge in [0.15, 0.2) is 5.78 Å². The van der Waals surface area contributed by atoms with Crippen molar-refractivity contribution in [3.8, 4) is 0 Å². The number of benzene rings is 3. The molecule has 21 heteroatoms. The van der Waals surface area contributed by atoms with E-state index < -0.39 is 130 Å². The molecule has 19 nitrogen and oxygen atoms in total. The van der Waals surface area contributed by atoms with Gasteiger partial charge in [-0.25, -0.2) is 26.3 Å². The van der Waals surface area contributed by atoms with Crippen LogP contribution in [0.15, 0.2) is 82.6 Å². The summed E-state index contributed by atoms with van der Waals surface area (Å²) >= 11 is 0. The minimum atomic E-state index is -4.55. The third-order valence-corrected chi connectivity index (χ3v) is 19.1. The number of carbonyl (C=O) groups is 6. The van der Waals surface area contributed by atoms with E-state index in [0.717, 1.165) is 54.0 Å². The summed E-state index contributed by atoms with van der Waals surface area (Å²) in [4.78, 5) is 85.5. The molecule has 7 rings (SSSR count). The van der Waals surface area contributed by atoms with Gasteiger partial charge in [0.1, 0.15) is 12.1 Å². The Bertz CT molecular complexity index is 2770. The molecule has 0 radical (unpaired) electrons. The highest BCUT2D eigenvalue weighted by atomic mass is 32.2. The normalized spacial score (nSPS) is 24.1.